The molecule has 0 aromatic rings. The Hall–Kier alpha value is 1.35. The summed E-state index contributed by atoms with van der Waals surface area (Å²) in [4.78, 5) is 1.24. The summed E-state index contributed by atoms with van der Waals surface area (Å²) in [6, 6.07) is 0. The van der Waals surface area contributed by atoms with Gasteiger partial charge in [-0.05, 0) is 19.3 Å². The topological polar surface area (TPSA) is 12.0 Å². The van der Waals surface area contributed by atoms with E-state index in [4.69, 9.17) is 0 Å². The molecular formula is C6H9I2NS. The number of nitrogens with one attached hydrogen (secondary N) is 1. The maximum Gasteiger partial charge on any atom is 0.0557 e. The number of halogens is 2. The third kappa shape index (κ3) is 2.44. The highest BCUT2D eigenvalue weighted by molar-refractivity contribution is 14.1. The Morgan fingerprint density at radius 3 is 2.80 bits per heavy atom. The zero-order chi connectivity index (χ0) is 7.56. The molecule has 0 amide bonds. The van der Waals surface area contributed by atoms with E-state index >= 15 is 0 Å². The molecule has 10 heavy (non-hydrogen) atoms. The largest absolute Gasteiger partial charge is 0.331 e. The van der Waals surface area contributed by atoms with Gasteiger partial charge < -0.3 is 3.53 Å². The van der Waals surface area contributed by atoms with Gasteiger partial charge in [-0.3, -0.25) is 0 Å². The molecule has 0 spiro atoms. The van der Waals surface area contributed by atoms with Gasteiger partial charge in [0, 0.05) is 14.5 Å². The van der Waals surface area contributed by atoms with Gasteiger partial charge in [-0.1, -0.05) is 22.6 Å². The van der Waals surface area contributed by atoms with Crippen molar-refractivity contribution in [1.82, 2.24) is 3.53 Å². The zero-order valence-electron chi connectivity index (χ0n) is 5.40. The number of rotatable bonds is 1. The van der Waals surface area contributed by atoms with Crippen LogP contribution in [0.3, 0.4) is 0 Å². The summed E-state index contributed by atoms with van der Waals surface area (Å²) in [6.45, 7) is 0. The van der Waals surface area contributed by atoms with E-state index in [1.165, 1.54) is 17.0 Å². The summed E-state index contributed by atoms with van der Waals surface area (Å²) in [5, 5.41) is 0. The van der Waals surface area contributed by atoms with Crippen LogP contribution in [0.2, 0.25) is 0 Å². The smallest absolute Gasteiger partial charge is 0.0557 e. The van der Waals surface area contributed by atoms with E-state index in [1.807, 2.05) is 0 Å². The van der Waals surface area contributed by atoms with Gasteiger partial charge >= 0.3 is 0 Å². The summed E-state index contributed by atoms with van der Waals surface area (Å²) < 4.78 is 3.93. The third-order valence-electron chi connectivity index (χ3n) is 1.58. The number of allylic oxidation sites excluding steroid dienone is 2. The number of alkyl halides is 1. The van der Waals surface area contributed by atoms with Crippen molar-refractivity contribution in [2.24, 2.45) is 0 Å². The Balaban J connectivity index is 2.61. The molecule has 0 aromatic heterocycles. The minimum absolute atomic E-state index is 0.790. The standard InChI is InChI=1S/C6H9I2NS/c7-4-1-2-5(9-8)6(10)3-4/h4,9-10H,1-3H2. The van der Waals surface area contributed by atoms with Crippen LogP contribution < -0.4 is 3.53 Å². The Bertz CT molecular complexity index is 158. The van der Waals surface area contributed by atoms with E-state index in [0.717, 1.165) is 16.8 Å². The van der Waals surface area contributed by atoms with E-state index in [0.29, 0.717) is 0 Å². The lowest BCUT2D eigenvalue weighted by atomic mass is 10.1. The van der Waals surface area contributed by atoms with Crippen molar-refractivity contribution in [3.63, 3.8) is 0 Å². The first-order chi connectivity index (χ1) is 4.74. The summed E-state index contributed by atoms with van der Waals surface area (Å²) in [5.41, 5.74) is 1.32. The lowest BCUT2D eigenvalue weighted by Gasteiger charge is -2.19. The van der Waals surface area contributed by atoms with Crippen LogP contribution in [0, 0.1) is 0 Å². The molecule has 4 heteroatoms. The molecular weight excluding hydrogens is 372 g/mol. The van der Waals surface area contributed by atoms with Crippen LogP contribution in [0.25, 0.3) is 0 Å². The monoisotopic (exact) mass is 381 g/mol. The Morgan fingerprint density at radius 1 is 1.60 bits per heavy atom. The average Bonchev–Trinajstić information content (AvgIpc) is 1.88. The van der Waals surface area contributed by atoms with Gasteiger partial charge in [0.2, 0.25) is 0 Å². The van der Waals surface area contributed by atoms with Crippen molar-refractivity contribution in [3.05, 3.63) is 10.6 Å². The molecule has 1 aliphatic rings. The quantitative estimate of drug-likeness (QED) is 0.308. The molecule has 0 aliphatic heterocycles. The highest BCUT2D eigenvalue weighted by atomic mass is 127. The molecule has 1 unspecified atom stereocenters. The summed E-state index contributed by atoms with van der Waals surface area (Å²) in [6.07, 6.45) is 3.58. The second-order valence-corrected chi connectivity index (χ2v) is 5.20. The van der Waals surface area contributed by atoms with Crippen LogP contribution in [0.1, 0.15) is 19.3 Å². The van der Waals surface area contributed by atoms with Gasteiger partial charge in [-0.25, -0.2) is 0 Å². The highest BCUT2D eigenvalue weighted by Gasteiger charge is 2.15. The molecule has 0 bridgehead atoms. The van der Waals surface area contributed by atoms with Gasteiger partial charge in [-0.2, -0.15) is 0 Å². The fourth-order valence-electron chi connectivity index (χ4n) is 0.982. The van der Waals surface area contributed by atoms with Crippen LogP contribution in [0.5, 0.6) is 0 Å². The van der Waals surface area contributed by atoms with Crippen LogP contribution in [-0.2, 0) is 0 Å². The first-order valence-corrected chi connectivity index (χ1v) is 5.93. The fourth-order valence-corrected chi connectivity index (χ4v) is 3.28. The van der Waals surface area contributed by atoms with Crippen LogP contribution in [-0.4, -0.2) is 3.92 Å². The number of thiol groups is 1. The van der Waals surface area contributed by atoms with Crippen molar-refractivity contribution in [2.45, 2.75) is 23.2 Å². The molecule has 58 valence electrons. The second-order valence-electron chi connectivity index (χ2n) is 2.36. The summed E-state index contributed by atoms with van der Waals surface area (Å²) >= 11 is 9.06. The molecule has 1 rings (SSSR count). The van der Waals surface area contributed by atoms with Crippen molar-refractivity contribution in [2.75, 3.05) is 0 Å². The second kappa shape index (κ2) is 4.39. The van der Waals surface area contributed by atoms with Gasteiger partial charge in [0.05, 0.1) is 22.9 Å². The van der Waals surface area contributed by atoms with Crippen molar-refractivity contribution < 1.29 is 0 Å². The first kappa shape index (κ1) is 9.44. The lowest BCUT2D eigenvalue weighted by molar-refractivity contribution is 0.719. The normalized spacial score (nSPS) is 26.9. The fraction of sp³-hybridized carbons (Fsp3) is 0.667. The summed E-state index contributed by atoms with van der Waals surface area (Å²) in [5.74, 6) is 0. The maximum atomic E-state index is 4.40. The van der Waals surface area contributed by atoms with Crippen molar-refractivity contribution in [3.8, 4) is 0 Å². The molecule has 1 nitrogen and oxygen atoms in total. The molecule has 0 saturated heterocycles. The molecule has 1 aliphatic carbocycles. The Labute approximate surface area is 94.5 Å². The van der Waals surface area contributed by atoms with Crippen LogP contribution in [0.4, 0.5) is 0 Å². The molecule has 1 N–H and O–H groups in total. The zero-order valence-corrected chi connectivity index (χ0v) is 10.6. The minimum Gasteiger partial charge on any atom is -0.331 e. The number of hydrogen-bond donors (Lipinski definition) is 2. The van der Waals surface area contributed by atoms with Crippen LogP contribution in [0.15, 0.2) is 10.6 Å². The Morgan fingerprint density at radius 2 is 2.30 bits per heavy atom. The van der Waals surface area contributed by atoms with E-state index in [1.54, 1.807) is 0 Å². The molecule has 0 aromatic carbocycles. The predicted octanol–water partition coefficient (Wildman–Crippen LogP) is 3.05. The van der Waals surface area contributed by atoms with Crippen molar-refractivity contribution in [1.29, 1.82) is 0 Å². The van der Waals surface area contributed by atoms with E-state index in [9.17, 15) is 0 Å². The van der Waals surface area contributed by atoms with Crippen molar-refractivity contribution >= 4 is 58.1 Å². The minimum atomic E-state index is 0.790. The van der Waals surface area contributed by atoms with Gasteiger partial charge in [-0.15, -0.1) is 12.6 Å². The molecule has 0 heterocycles. The van der Waals surface area contributed by atoms with E-state index in [-0.39, 0.29) is 0 Å². The average molecular weight is 381 g/mol. The Kier molecular flexibility index (Phi) is 4.15. The molecule has 0 saturated carbocycles. The van der Waals surface area contributed by atoms with Gasteiger partial charge in [0.1, 0.15) is 0 Å². The molecule has 0 radical (unpaired) electrons. The van der Waals surface area contributed by atoms with Gasteiger partial charge in [0.25, 0.3) is 0 Å². The SMILES string of the molecule is SC1=C(NI)CCC(I)C1. The first-order valence-electron chi connectivity index (χ1n) is 3.15. The maximum absolute atomic E-state index is 4.40. The lowest BCUT2D eigenvalue weighted by Crippen LogP contribution is -2.12. The van der Waals surface area contributed by atoms with E-state index < -0.39 is 0 Å². The predicted molar refractivity (Wildman–Crippen MR) is 64.8 cm³/mol. The third-order valence-corrected chi connectivity index (χ3v) is 3.75. The highest BCUT2D eigenvalue weighted by Crippen LogP contribution is 2.30. The summed E-state index contributed by atoms with van der Waals surface area (Å²) in [7, 11) is 0. The van der Waals surface area contributed by atoms with Crippen LogP contribution >= 0.6 is 58.1 Å². The molecule has 1 atom stereocenters. The number of hydrogen-bond acceptors (Lipinski definition) is 2. The van der Waals surface area contributed by atoms with Gasteiger partial charge in [0.15, 0.2) is 0 Å². The molecule has 0 fully saturated rings. The van der Waals surface area contributed by atoms with E-state index in [2.05, 4.69) is 61.6 Å².